The largest absolute Gasteiger partial charge is 0.378 e. The van der Waals surface area contributed by atoms with Gasteiger partial charge in [-0.05, 0) is 12.8 Å². The van der Waals surface area contributed by atoms with Crippen LogP contribution in [0, 0.1) is 5.41 Å². The molecule has 1 aliphatic rings. The molecular formula is C13H27NO. The number of rotatable bonds is 6. The second kappa shape index (κ2) is 5.86. The van der Waals surface area contributed by atoms with Gasteiger partial charge in [0.1, 0.15) is 0 Å². The van der Waals surface area contributed by atoms with Crippen LogP contribution in [0.15, 0.2) is 0 Å². The Kier molecular flexibility index (Phi) is 5.07. The third-order valence-corrected chi connectivity index (χ3v) is 3.00. The molecule has 0 bridgehead atoms. The molecule has 0 heterocycles. The standard InChI is InChI=1S/C13H27NO/c1-11(2)14-9-13(3,4)10-15-12-7-5-6-8-12/h11-12,14H,5-10H2,1-4H3. The Bertz CT molecular complexity index is 171. The average Bonchev–Trinajstić information content (AvgIpc) is 2.65. The van der Waals surface area contributed by atoms with Gasteiger partial charge in [0.25, 0.3) is 0 Å². The van der Waals surface area contributed by atoms with E-state index < -0.39 is 0 Å². The molecule has 1 N–H and O–H groups in total. The van der Waals surface area contributed by atoms with Crippen LogP contribution in [-0.2, 0) is 4.74 Å². The maximum Gasteiger partial charge on any atom is 0.0575 e. The lowest BCUT2D eigenvalue weighted by atomic mass is 9.94. The molecule has 1 rings (SSSR count). The second-order valence-electron chi connectivity index (χ2n) is 5.92. The summed E-state index contributed by atoms with van der Waals surface area (Å²) in [7, 11) is 0. The quantitative estimate of drug-likeness (QED) is 0.732. The molecule has 15 heavy (non-hydrogen) atoms. The van der Waals surface area contributed by atoms with E-state index in [0.29, 0.717) is 12.1 Å². The minimum absolute atomic E-state index is 0.257. The Labute approximate surface area is 94.8 Å². The van der Waals surface area contributed by atoms with Crippen LogP contribution in [0.2, 0.25) is 0 Å². The number of hydrogen-bond acceptors (Lipinski definition) is 2. The highest BCUT2D eigenvalue weighted by Crippen LogP contribution is 2.24. The van der Waals surface area contributed by atoms with Gasteiger partial charge in [0, 0.05) is 18.0 Å². The van der Waals surface area contributed by atoms with Gasteiger partial charge in [-0.1, -0.05) is 40.5 Å². The summed E-state index contributed by atoms with van der Waals surface area (Å²) >= 11 is 0. The van der Waals surface area contributed by atoms with Gasteiger partial charge in [-0.15, -0.1) is 0 Å². The van der Waals surface area contributed by atoms with Crippen molar-refractivity contribution in [3.63, 3.8) is 0 Å². The van der Waals surface area contributed by atoms with Crippen molar-refractivity contribution in [1.29, 1.82) is 0 Å². The average molecular weight is 213 g/mol. The molecule has 0 unspecified atom stereocenters. The third kappa shape index (κ3) is 5.53. The Morgan fingerprint density at radius 2 is 1.87 bits per heavy atom. The fourth-order valence-corrected chi connectivity index (χ4v) is 1.93. The summed E-state index contributed by atoms with van der Waals surface area (Å²) in [6, 6.07) is 0.566. The molecule has 2 heteroatoms. The van der Waals surface area contributed by atoms with Crippen LogP contribution < -0.4 is 5.32 Å². The maximum atomic E-state index is 5.96. The number of hydrogen-bond donors (Lipinski definition) is 1. The van der Waals surface area contributed by atoms with E-state index in [1.54, 1.807) is 0 Å². The van der Waals surface area contributed by atoms with Crippen molar-refractivity contribution in [2.75, 3.05) is 13.2 Å². The molecule has 90 valence electrons. The van der Waals surface area contributed by atoms with Gasteiger partial charge in [0.15, 0.2) is 0 Å². The van der Waals surface area contributed by atoms with E-state index in [-0.39, 0.29) is 5.41 Å². The van der Waals surface area contributed by atoms with E-state index in [1.807, 2.05) is 0 Å². The summed E-state index contributed by atoms with van der Waals surface area (Å²) in [5.41, 5.74) is 0.257. The first kappa shape index (κ1) is 13.0. The zero-order chi connectivity index (χ0) is 11.3. The molecule has 0 aliphatic heterocycles. The minimum atomic E-state index is 0.257. The highest BCUT2D eigenvalue weighted by atomic mass is 16.5. The predicted molar refractivity (Wildman–Crippen MR) is 65.1 cm³/mol. The molecule has 1 fully saturated rings. The fraction of sp³-hybridized carbons (Fsp3) is 1.00. The first-order chi connectivity index (χ1) is 6.99. The summed E-state index contributed by atoms with van der Waals surface area (Å²) in [6.45, 7) is 10.9. The fourth-order valence-electron chi connectivity index (χ4n) is 1.93. The normalized spacial score (nSPS) is 19.0. The molecule has 0 aromatic rings. The van der Waals surface area contributed by atoms with Crippen LogP contribution in [-0.4, -0.2) is 25.3 Å². The van der Waals surface area contributed by atoms with Gasteiger partial charge in [0.2, 0.25) is 0 Å². The van der Waals surface area contributed by atoms with Crippen molar-refractivity contribution in [3.8, 4) is 0 Å². The van der Waals surface area contributed by atoms with Crippen LogP contribution in [0.4, 0.5) is 0 Å². The van der Waals surface area contributed by atoms with E-state index in [9.17, 15) is 0 Å². The molecule has 2 nitrogen and oxygen atoms in total. The molecule has 0 aromatic heterocycles. The molecule has 0 aromatic carbocycles. The predicted octanol–water partition coefficient (Wildman–Crippen LogP) is 2.97. The maximum absolute atomic E-state index is 5.96. The first-order valence-electron chi connectivity index (χ1n) is 6.34. The van der Waals surface area contributed by atoms with Gasteiger partial charge in [-0.25, -0.2) is 0 Å². The molecule has 0 saturated heterocycles. The lowest BCUT2D eigenvalue weighted by molar-refractivity contribution is 0.00637. The van der Waals surface area contributed by atoms with Gasteiger partial charge >= 0.3 is 0 Å². The third-order valence-electron chi connectivity index (χ3n) is 3.00. The summed E-state index contributed by atoms with van der Waals surface area (Å²) < 4.78 is 5.96. The van der Waals surface area contributed by atoms with Crippen molar-refractivity contribution in [2.24, 2.45) is 5.41 Å². The first-order valence-corrected chi connectivity index (χ1v) is 6.34. The lowest BCUT2D eigenvalue weighted by Crippen LogP contribution is -2.37. The molecule has 1 aliphatic carbocycles. The minimum Gasteiger partial charge on any atom is -0.378 e. The van der Waals surface area contributed by atoms with E-state index in [2.05, 4.69) is 33.0 Å². The van der Waals surface area contributed by atoms with Crippen LogP contribution >= 0.6 is 0 Å². The van der Waals surface area contributed by atoms with E-state index >= 15 is 0 Å². The Morgan fingerprint density at radius 1 is 1.27 bits per heavy atom. The smallest absolute Gasteiger partial charge is 0.0575 e. The van der Waals surface area contributed by atoms with E-state index in [0.717, 1.165) is 13.2 Å². The Balaban J connectivity index is 2.16. The SMILES string of the molecule is CC(C)NCC(C)(C)COC1CCCC1. The van der Waals surface area contributed by atoms with Gasteiger partial charge in [0.05, 0.1) is 12.7 Å². The van der Waals surface area contributed by atoms with Crippen LogP contribution in [0.5, 0.6) is 0 Å². The van der Waals surface area contributed by atoms with E-state index in [4.69, 9.17) is 4.74 Å². The summed E-state index contributed by atoms with van der Waals surface area (Å²) in [5, 5.41) is 3.48. The lowest BCUT2D eigenvalue weighted by Gasteiger charge is -2.27. The molecule has 0 spiro atoms. The van der Waals surface area contributed by atoms with Crippen LogP contribution in [0.1, 0.15) is 53.4 Å². The van der Waals surface area contributed by atoms with Crippen LogP contribution in [0.3, 0.4) is 0 Å². The Hall–Kier alpha value is -0.0800. The zero-order valence-electron chi connectivity index (χ0n) is 10.8. The van der Waals surface area contributed by atoms with Crippen molar-refractivity contribution < 1.29 is 4.74 Å². The molecule has 0 amide bonds. The molecule has 1 saturated carbocycles. The number of ether oxygens (including phenoxy) is 1. The van der Waals surface area contributed by atoms with Gasteiger partial charge in [-0.2, -0.15) is 0 Å². The summed E-state index contributed by atoms with van der Waals surface area (Å²) in [5.74, 6) is 0. The molecular weight excluding hydrogens is 186 g/mol. The van der Waals surface area contributed by atoms with Crippen molar-refractivity contribution in [1.82, 2.24) is 5.32 Å². The highest BCUT2D eigenvalue weighted by molar-refractivity contribution is 4.74. The molecule has 0 radical (unpaired) electrons. The van der Waals surface area contributed by atoms with Crippen molar-refractivity contribution in [2.45, 2.75) is 65.5 Å². The van der Waals surface area contributed by atoms with Crippen LogP contribution in [0.25, 0.3) is 0 Å². The summed E-state index contributed by atoms with van der Waals surface area (Å²) in [4.78, 5) is 0. The number of nitrogens with one attached hydrogen (secondary N) is 1. The van der Waals surface area contributed by atoms with Crippen molar-refractivity contribution >= 4 is 0 Å². The topological polar surface area (TPSA) is 21.3 Å². The van der Waals surface area contributed by atoms with Gasteiger partial charge < -0.3 is 10.1 Å². The van der Waals surface area contributed by atoms with E-state index in [1.165, 1.54) is 25.7 Å². The van der Waals surface area contributed by atoms with Gasteiger partial charge in [-0.3, -0.25) is 0 Å². The highest BCUT2D eigenvalue weighted by Gasteiger charge is 2.22. The zero-order valence-corrected chi connectivity index (χ0v) is 10.8. The van der Waals surface area contributed by atoms with Crippen molar-refractivity contribution in [3.05, 3.63) is 0 Å². The molecule has 0 atom stereocenters. The Morgan fingerprint density at radius 3 is 2.40 bits per heavy atom. The summed E-state index contributed by atoms with van der Waals surface area (Å²) in [6.07, 6.45) is 5.80. The second-order valence-corrected chi connectivity index (χ2v) is 5.92. The monoisotopic (exact) mass is 213 g/mol.